The second-order valence-corrected chi connectivity index (χ2v) is 5.84. The third-order valence-corrected chi connectivity index (χ3v) is 4.25. The molecule has 5 heteroatoms. The third kappa shape index (κ3) is 2.90. The van der Waals surface area contributed by atoms with E-state index in [2.05, 4.69) is 28.6 Å². The number of carbonyl (C=O) groups excluding carboxylic acids is 1. The Kier molecular flexibility index (Phi) is 4.70. The highest BCUT2D eigenvalue weighted by molar-refractivity contribution is 9.10. The predicted molar refractivity (Wildman–Crippen MR) is 77.2 cm³/mol. The van der Waals surface area contributed by atoms with Crippen LogP contribution in [0.4, 0.5) is 0 Å². The number of carbonyl (C=O) groups is 1. The summed E-state index contributed by atoms with van der Waals surface area (Å²) in [5.74, 6) is 0.0220. The molecule has 1 N–H and O–H groups in total. The van der Waals surface area contributed by atoms with Crippen molar-refractivity contribution in [2.45, 2.75) is 30.2 Å². The zero-order valence-corrected chi connectivity index (χ0v) is 12.5. The summed E-state index contributed by atoms with van der Waals surface area (Å²) in [4.78, 5) is 15.1. The second-order valence-electron chi connectivity index (χ2n) is 4.47. The normalized spacial score (nSPS) is 19.3. The Balaban J connectivity index is 2.22. The van der Waals surface area contributed by atoms with Gasteiger partial charge in [0.1, 0.15) is 0 Å². The van der Waals surface area contributed by atoms with E-state index in [1.165, 1.54) is 0 Å². The van der Waals surface area contributed by atoms with Crippen LogP contribution < -0.4 is 0 Å². The molecule has 0 bridgehead atoms. The van der Waals surface area contributed by atoms with E-state index < -0.39 is 0 Å². The van der Waals surface area contributed by atoms with Gasteiger partial charge in [-0.05, 0) is 53.4 Å². The van der Waals surface area contributed by atoms with Gasteiger partial charge in [-0.1, -0.05) is 0 Å². The molecule has 1 saturated heterocycles. The van der Waals surface area contributed by atoms with Gasteiger partial charge in [0.15, 0.2) is 0 Å². The van der Waals surface area contributed by atoms with E-state index in [1.54, 1.807) is 6.07 Å². The fourth-order valence-corrected chi connectivity index (χ4v) is 3.00. The van der Waals surface area contributed by atoms with Gasteiger partial charge in [-0.3, -0.25) is 4.79 Å². The van der Waals surface area contributed by atoms with Gasteiger partial charge in [-0.25, -0.2) is 0 Å². The molecule has 0 aliphatic carbocycles. The number of amides is 1. The molecule has 1 aromatic carbocycles. The number of thiol groups is 1. The molecule has 0 radical (unpaired) electrons. The van der Waals surface area contributed by atoms with Crippen LogP contribution in [0.25, 0.3) is 0 Å². The van der Waals surface area contributed by atoms with Gasteiger partial charge in [0.2, 0.25) is 0 Å². The Hall–Kier alpha value is -0.520. The van der Waals surface area contributed by atoms with Crippen molar-refractivity contribution in [1.82, 2.24) is 4.90 Å². The summed E-state index contributed by atoms with van der Waals surface area (Å²) in [6.07, 6.45) is 2.64. The van der Waals surface area contributed by atoms with E-state index in [1.807, 2.05) is 17.0 Å². The largest absolute Gasteiger partial charge is 0.396 e. The van der Waals surface area contributed by atoms with Crippen molar-refractivity contribution in [2.24, 2.45) is 0 Å². The first-order valence-corrected chi connectivity index (χ1v) is 7.28. The number of nitrogens with zero attached hydrogens (tertiary/aromatic N) is 1. The number of likely N-dealkylation sites (tertiary alicyclic amines) is 1. The van der Waals surface area contributed by atoms with E-state index in [0.29, 0.717) is 12.0 Å². The fourth-order valence-electron chi connectivity index (χ4n) is 2.38. The topological polar surface area (TPSA) is 40.5 Å². The maximum Gasteiger partial charge on any atom is 0.255 e. The summed E-state index contributed by atoms with van der Waals surface area (Å²) < 4.78 is 0.792. The van der Waals surface area contributed by atoms with Gasteiger partial charge in [-0.15, -0.1) is 12.6 Å². The van der Waals surface area contributed by atoms with E-state index in [0.717, 1.165) is 28.8 Å². The summed E-state index contributed by atoms with van der Waals surface area (Å²) in [6, 6.07) is 5.63. The van der Waals surface area contributed by atoms with Crippen LogP contribution >= 0.6 is 28.6 Å². The molecule has 0 saturated carbocycles. The Morgan fingerprint density at radius 1 is 1.56 bits per heavy atom. The summed E-state index contributed by atoms with van der Waals surface area (Å²) in [5, 5.41) is 9.04. The van der Waals surface area contributed by atoms with E-state index in [9.17, 15) is 4.79 Å². The van der Waals surface area contributed by atoms with Crippen molar-refractivity contribution in [1.29, 1.82) is 0 Å². The lowest BCUT2D eigenvalue weighted by Crippen LogP contribution is -2.36. The molecule has 1 aromatic rings. The second kappa shape index (κ2) is 6.08. The minimum Gasteiger partial charge on any atom is -0.396 e. The molecule has 0 spiro atoms. The van der Waals surface area contributed by atoms with Gasteiger partial charge in [0.25, 0.3) is 5.91 Å². The molecular weight excluding hydrogens is 314 g/mol. The van der Waals surface area contributed by atoms with E-state index >= 15 is 0 Å². The molecule has 1 unspecified atom stereocenters. The lowest BCUT2D eigenvalue weighted by Gasteiger charge is -2.24. The highest BCUT2D eigenvalue weighted by Crippen LogP contribution is 2.27. The molecule has 1 aliphatic heterocycles. The van der Waals surface area contributed by atoms with Gasteiger partial charge >= 0.3 is 0 Å². The molecule has 1 atom stereocenters. The standard InChI is InChI=1S/C13H16BrNO2S/c14-12-4-3-10(18)8-11(12)13(17)15-6-1-2-9(15)5-7-16/h3-4,8-9,16,18H,1-2,5-7H2. The maximum atomic E-state index is 12.5. The first-order valence-electron chi connectivity index (χ1n) is 6.04. The van der Waals surface area contributed by atoms with Crippen LogP contribution in [-0.4, -0.2) is 35.1 Å². The van der Waals surface area contributed by atoms with Crippen LogP contribution in [0.1, 0.15) is 29.6 Å². The Morgan fingerprint density at radius 3 is 3.06 bits per heavy atom. The molecule has 98 valence electrons. The molecule has 1 fully saturated rings. The molecule has 0 aromatic heterocycles. The molecular formula is C13H16BrNO2S. The van der Waals surface area contributed by atoms with Crippen molar-refractivity contribution < 1.29 is 9.90 Å². The highest BCUT2D eigenvalue weighted by Gasteiger charge is 2.29. The summed E-state index contributed by atoms with van der Waals surface area (Å²) >= 11 is 7.68. The van der Waals surface area contributed by atoms with Crippen LogP contribution in [0.3, 0.4) is 0 Å². The molecule has 1 heterocycles. The fraction of sp³-hybridized carbons (Fsp3) is 0.462. The number of halogens is 1. The zero-order valence-electron chi connectivity index (χ0n) is 9.97. The van der Waals surface area contributed by atoms with Crippen molar-refractivity contribution >= 4 is 34.5 Å². The molecule has 3 nitrogen and oxygen atoms in total. The SMILES string of the molecule is O=C(c1cc(S)ccc1Br)N1CCCC1CCO. The molecule has 18 heavy (non-hydrogen) atoms. The molecule has 1 amide bonds. The van der Waals surface area contributed by atoms with Gasteiger partial charge in [0, 0.05) is 28.6 Å². The van der Waals surface area contributed by atoms with Crippen molar-refractivity contribution in [3.63, 3.8) is 0 Å². The van der Waals surface area contributed by atoms with E-state index in [4.69, 9.17) is 5.11 Å². The summed E-state index contributed by atoms with van der Waals surface area (Å²) in [5.41, 5.74) is 0.646. The molecule has 1 aliphatic rings. The van der Waals surface area contributed by atoms with Crippen LogP contribution in [0, 0.1) is 0 Å². The quantitative estimate of drug-likeness (QED) is 0.837. The third-order valence-electron chi connectivity index (χ3n) is 3.28. The first-order chi connectivity index (χ1) is 8.63. The Bertz CT molecular complexity index is 453. The number of hydrogen-bond donors (Lipinski definition) is 2. The highest BCUT2D eigenvalue weighted by atomic mass is 79.9. The average Bonchev–Trinajstić information content (AvgIpc) is 2.80. The van der Waals surface area contributed by atoms with Crippen LogP contribution in [0.5, 0.6) is 0 Å². The van der Waals surface area contributed by atoms with E-state index in [-0.39, 0.29) is 18.6 Å². The van der Waals surface area contributed by atoms with Crippen molar-refractivity contribution in [3.8, 4) is 0 Å². The Morgan fingerprint density at radius 2 is 2.33 bits per heavy atom. The van der Waals surface area contributed by atoms with Gasteiger partial charge in [0.05, 0.1) is 5.56 Å². The molecule has 2 rings (SSSR count). The summed E-state index contributed by atoms with van der Waals surface area (Å²) in [7, 11) is 0. The number of aliphatic hydroxyl groups is 1. The number of hydrogen-bond acceptors (Lipinski definition) is 3. The minimum absolute atomic E-state index is 0.0220. The monoisotopic (exact) mass is 329 g/mol. The van der Waals surface area contributed by atoms with Crippen molar-refractivity contribution in [3.05, 3.63) is 28.2 Å². The average molecular weight is 330 g/mol. The first kappa shape index (κ1) is 13.9. The predicted octanol–water partition coefficient (Wildman–Crippen LogP) is 2.72. The van der Waals surface area contributed by atoms with Gasteiger partial charge < -0.3 is 10.0 Å². The number of aliphatic hydroxyl groups excluding tert-OH is 1. The number of rotatable bonds is 3. The van der Waals surface area contributed by atoms with Gasteiger partial charge in [-0.2, -0.15) is 0 Å². The van der Waals surface area contributed by atoms with Crippen LogP contribution in [-0.2, 0) is 0 Å². The lowest BCUT2D eigenvalue weighted by atomic mass is 10.1. The smallest absolute Gasteiger partial charge is 0.255 e. The minimum atomic E-state index is 0.0220. The van der Waals surface area contributed by atoms with Crippen LogP contribution in [0.2, 0.25) is 0 Å². The Labute approximate surface area is 121 Å². The van der Waals surface area contributed by atoms with Crippen LogP contribution in [0.15, 0.2) is 27.6 Å². The van der Waals surface area contributed by atoms with Crippen molar-refractivity contribution in [2.75, 3.05) is 13.2 Å². The lowest BCUT2D eigenvalue weighted by molar-refractivity contribution is 0.0715. The zero-order chi connectivity index (χ0) is 13.1. The number of benzene rings is 1. The maximum absolute atomic E-state index is 12.5. The summed E-state index contributed by atoms with van der Waals surface area (Å²) in [6.45, 7) is 0.898.